The van der Waals surface area contributed by atoms with E-state index in [0.29, 0.717) is 27.0 Å². The highest BCUT2D eigenvalue weighted by atomic mass is 32.1. The molecule has 0 spiro atoms. The average molecular weight is 423 g/mol. The molecule has 0 aliphatic carbocycles. The van der Waals surface area contributed by atoms with Crippen LogP contribution in [0, 0.1) is 10.9 Å². The van der Waals surface area contributed by atoms with Crippen molar-refractivity contribution in [2.24, 2.45) is 0 Å². The van der Waals surface area contributed by atoms with Crippen LogP contribution in [0.15, 0.2) is 18.2 Å². The second-order valence-electron chi connectivity index (χ2n) is 5.65. The van der Waals surface area contributed by atoms with Crippen molar-refractivity contribution in [3.05, 3.63) is 43.3 Å². The highest BCUT2D eigenvalue weighted by Crippen LogP contribution is 2.29. The first-order chi connectivity index (χ1) is 13.0. The van der Waals surface area contributed by atoms with Gasteiger partial charge in [-0.1, -0.05) is 17.4 Å². The minimum absolute atomic E-state index is 0.142. The fourth-order valence-electron chi connectivity index (χ4n) is 2.46. The molecule has 3 aromatic rings. The van der Waals surface area contributed by atoms with Gasteiger partial charge in [-0.05, 0) is 36.8 Å². The number of nitrogens with zero attached hydrogens (tertiary/aromatic N) is 2. The second-order valence-corrected chi connectivity index (χ2v) is 8.49. The maximum atomic E-state index is 12.2. The molecule has 3 rings (SSSR count). The summed E-state index contributed by atoms with van der Waals surface area (Å²) in [7, 11) is 3.20. The van der Waals surface area contributed by atoms with Crippen molar-refractivity contribution in [1.82, 2.24) is 15.2 Å². The van der Waals surface area contributed by atoms with Gasteiger partial charge in [-0.2, -0.15) is 0 Å². The fourth-order valence-corrected chi connectivity index (χ4v) is 4.54. The van der Waals surface area contributed by atoms with Crippen molar-refractivity contribution in [2.75, 3.05) is 19.5 Å². The number of hydrogen-bond donors (Lipinski definition) is 2. The number of nitrogens with one attached hydrogen (secondary N) is 2. The molecule has 0 aliphatic heterocycles. The molecule has 0 radical (unpaired) electrons. The van der Waals surface area contributed by atoms with Crippen molar-refractivity contribution in [3.63, 3.8) is 0 Å². The minimum Gasteiger partial charge on any atom is -0.493 e. The number of aryl methyl sites for hydroxylation is 1. The molecule has 7 nitrogen and oxygen atoms in total. The van der Waals surface area contributed by atoms with Gasteiger partial charge in [0.25, 0.3) is 0 Å². The van der Waals surface area contributed by atoms with Gasteiger partial charge in [-0.25, -0.2) is 0 Å². The monoisotopic (exact) mass is 422 g/mol. The molecule has 2 aromatic heterocycles. The Kier molecular flexibility index (Phi) is 6.19. The highest BCUT2D eigenvalue weighted by Gasteiger charge is 2.13. The van der Waals surface area contributed by atoms with Crippen molar-refractivity contribution in [2.45, 2.75) is 19.8 Å². The van der Waals surface area contributed by atoms with E-state index in [-0.39, 0.29) is 12.3 Å². The van der Waals surface area contributed by atoms with E-state index < -0.39 is 0 Å². The lowest BCUT2D eigenvalue weighted by Gasteiger charge is -2.08. The molecule has 2 heterocycles. The predicted octanol–water partition coefficient (Wildman–Crippen LogP) is 3.75. The molecule has 0 fully saturated rings. The van der Waals surface area contributed by atoms with E-state index in [9.17, 15) is 4.79 Å². The number of ether oxygens (including phenoxy) is 2. The third kappa shape index (κ3) is 4.90. The van der Waals surface area contributed by atoms with E-state index in [1.807, 2.05) is 25.1 Å². The Morgan fingerprint density at radius 2 is 2.00 bits per heavy atom. The summed E-state index contributed by atoms with van der Waals surface area (Å²) in [6.45, 7) is 1.90. The maximum Gasteiger partial charge on any atom is 0.231 e. The molecule has 0 saturated heterocycles. The number of anilines is 1. The van der Waals surface area contributed by atoms with Crippen molar-refractivity contribution < 1.29 is 14.3 Å². The summed E-state index contributed by atoms with van der Waals surface area (Å²) in [5.74, 6) is 1.20. The Balaban J connectivity index is 1.63. The number of rotatable bonds is 7. The summed E-state index contributed by atoms with van der Waals surface area (Å²) < 4.78 is 11.2. The Bertz CT molecular complexity index is 1010. The summed E-state index contributed by atoms with van der Waals surface area (Å²) in [5, 5.41) is 12.3. The number of thiazole rings is 1. The van der Waals surface area contributed by atoms with Gasteiger partial charge in [0.2, 0.25) is 11.0 Å². The predicted molar refractivity (Wildman–Crippen MR) is 109 cm³/mol. The third-order valence-corrected chi connectivity index (χ3v) is 5.94. The van der Waals surface area contributed by atoms with Crippen LogP contribution in [0.25, 0.3) is 0 Å². The van der Waals surface area contributed by atoms with Gasteiger partial charge in [0.05, 0.1) is 20.6 Å². The lowest BCUT2D eigenvalue weighted by atomic mass is 10.1. The number of carbonyl (C=O) groups excluding carboxylic acids is 1. The van der Waals surface area contributed by atoms with Crippen LogP contribution in [-0.4, -0.2) is 35.3 Å². The van der Waals surface area contributed by atoms with Crippen LogP contribution in [0.2, 0.25) is 0 Å². The SMILES string of the molecule is COc1ccc(Cc2nnc(NC(=O)Cc3sc(=S)[nH]c3C)s2)cc1OC. The molecule has 0 bridgehead atoms. The van der Waals surface area contributed by atoms with Gasteiger partial charge in [0.1, 0.15) is 5.01 Å². The van der Waals surface area contributed by atoms with Crippen LogP contribution in [0.1, 0.15) is 21.1 Å². The molecule has 2 N–H and O–H groups in total. The second kappa shape index (κ2) is 8.59. The number of carbonyl (C=O) groups is 1. The number of aromatic nitrogens is 3. The summed E-state index contributed by atoms with van der Waals surface area (Å²) in [4.78, 5) is 16.2. The van der Waals surface area contributed by atoms with E-state index in [4.69, 9.17) is 21.7 Å². The number of H-pyrrole nitrogens is 1. The quantitative estimate of drug-likeness (QED) is 0.564. The molecule has 27 heavy (non-hydrogen) atoms. The maximum absolute atomic E-state index is 12.2. The van der Waals surface area contributed by atoms with Crippen molar-refractivity contribution >= 4 is 45.9 Å². The number of benzene rings is 1. The molecular formula is C17H18N4O3S3. The van der Waals surface area contributed by atoms with Crippen LogP contribution in [0.5, 0.6) is 11.5 Å². The van der Waals surface area contributed by atoms with Gasteiger partial charge >= 0.3 is 0 Å². The van der Waals surface area contributed by atoms with Gasteiger partial charge < -0.3 is 19.8 Å². The molecule has 1 amide bonds. The topological polar surface area (TPSA) is 89.1 Å². The molecule has 10 heteroatoms. The zero-order chi connectivity index (χ0) is 19.4. The van der Waals surface area contributed by atoms with Gasteiger partial charge in [0.15, 0.2) is 15.5 Å². The fraction of sp³-hybridized carbons (Fsp3) is 0.294. The van der Waals surface area contributed by atoms with E-state index in [1.54, 1.807) is 14.2 Å². The molecule has 0 aliphatic rings. The average Bonchev–Trinajstić information content (AvgIpc) is 3.20. The number of methoxy groups -OCH3 is 2. The standard InChI is InChI=1S/C17H18N4O3S3/c1-9-13(26-17(25)18-9)8-14(22)19-16-21-20-15(27-16)7-10-4-5-11(23-2)12(6-10)24-3/h4-6H,7-8H2,1-3H3,(H,18,25)(H,19,21,22). The van der Waals surface area contributed by atoms with Crippen molar-refractivity contribution in [1.29, 1.82) is 0 Å². The zero-order valence-corrected chi connectivity index (χ0v) is 17.4. The first kappa shape index (κ1) is 19.5. The van der Waals surface area contributed by atoms with Gasteiger partial charge in [-0.3, -0.25) is 4.79 Å². The lowest BCUT2D eigenvalue weighted by Crippen LogP contribution is -2.14. The highest BCUT2D eigenvalue weighted by molar-refractivity contribution is 7.73. The van der Waals surface area contributed by atoms with Crippen molar-refractivity contribution in [3.8, 4) is 11.5 Å². The Hall–Kier alpha value is -2.30. The molecule has 0 saturated carbocycles. The van der Waals surface area contributed by atoms with Crippen LogP contribution in [0.3, 0.4) is 0 Å². The van der Waals surface area contributed by atoms with Gasteiger partial charge in [0, 0.05) is 17.0 Å². The van der Waals surface area contributed by atoms with Crippen LogP contribution >= 0.6 is 34.9 Å². The Morgan fingerprint density at radius 1 is 1.22 bits per heavy atom. The third-order valence-electron chi connectivity index (χ3n) is 3.76. The van der Waals surface area contributed by atoms with Crippen LogP contribution in [-0.2, 0) is 17.6 Å². The summed E-state index contributed by atoms with van der Waals surface area (Å²) in [6, 6.07) is 5.70. The summed E-state index contributed by atoms with van der Waals surface area (Å²) >= 11 is 7.85. The van der Waals surface area contributed by atoms with E-state index >= 15 is 0 Å². The Labute approximate surface area is 169 Å². The number of amides is 1. The van der Waals surface area contributed by atoms with Gasteiger partial charge in [-0.15, -0.1) is 21.5 Å². The first-order valence-electron chi connectivity index (χ1n) is 8.00. The minimum atomic E-state index is -0.142. The smallest absolute Gasteiger partial charge is 0.231 e. The summed E-state index contributed by atoms with van der Waals surface area (Å²) in [6.07, 6.45) is 0.848. The summed E-state index contributed by atoms with van der Waals surface area (Å²) in [5.41, 5.74) is 1.94. The molecule has 142 valence electrons. The lowest BCUT2D eigenvalue weighted by molar-refractivity contribution is -0.115. The van der Waals surface area contributed by atoms with E-state index in [2.05, 4.69) is 20.5 Å². The van der Waals surface area contributed by atoms with Crippen LogP contribution < -0.4 is 14.8 Å². The normalized spacial score (nSPS) is 10.6. The first-order valence-corrected chi connectivity index (χ1v) is 10.0. The molecule has 1 aromatic carbocycles. The molecular weight excluding hydrogens is 404 g/mol. The zero-order valence-electron chi connectivity index (χ0n) is 15.0. The number of aromatic amines is 1. The van der Waals surface area contributed by atoms with Crippen LogP contribution in [0.4, 0.5) is 5.13 Å². The Morgan fingerprint density at radius 3 is 2.67 bits per heavy atom. The van der Waals surface area contributed by atoms with E-state index in [1.165, 1.54) is 22.7 Å². The van der Waals surface area contributed by atoms with E-state index in [0.717, 1.165) is 21.1 Å². The molecule has 0 unspecified atom stereocenters. The largest absolute Gasteiger partial charge is 0.493 e. The number of hydrogen-bond acceptors (Lipinski definition) is 8. The molecule has 0 atom stereocenters.